The minimum Gasteiger partial charge on any atom is -0.506 e. The summed E-state index contributed by atoms with van der Waals surface area (Å²) >= 11 is 0. The molecule has 1 heterocycles. The van der Waals surface area contributed by atoms with Gasteiger partial charge in [0.1, 0.15) is 17.6 Å². The van der Waals surface area contributed by atoms with Gasteiger partial charge in [-0.25, -0.2) is 4.98 Å². The predicted octanol–water partition coefficient (Wildman–Crippen LogP) is 5.25. The van der Waals surface area contributed by atoms with Gasteiger partial charge in [-0.3, -0.25) is 9.36 Å². The Kier molecular flexibility index (Phi) is 6.06. The molecule has 1 aromatic heterocycles. The number of imidazole rings is 1. The number of halogens is 3. The number of primary amides is 1. The van der Waals surface area contributed by atoms with Crippen molar-refractivity contribution in [2.24, 2.45) is 5.73 Å². The fraction of sp³-hybridized carbons (Fsp3) is 0.167. The van der Waals surface area contributed by atoms with Gasteiger partial charge in [-0.05, 0) is 55.0 Å². The lowest BCUT2D eigenvalue weighted by Crippen LogP contribution is -2.14. The lowest BCUT2D eigenvalue weighted by molar-refractivity contribution is -0.131. The molecule has 0 fully saturated rings. The van der Waals surface area contributed by atoms with Crippen LogP contribution in [0.1, 0.15) is 22.3 Å². The van der Waals surface area contributed by atoms with Crippen LogP contribution in [-0.2, 0) is 0 Å². The number of carbonyl (C=O) groups is 1. The quantitative estimate of drug-likeness (QED) is 0.277. The molecule has 0 saturated carbocycles. The van der Waals surface area contributed by atoms with E-state index in [-0.39, 0.29) is 12.3 Å². The number of carbonyl (C=O) groups excluding carboxylic acids is 1. The van der Waals surface area contributed by atoms with E-state index in [1.807, 2.05) is 0 Å². The highest BCUT2D eigenvalue weighted by Crippen LogP contribution is 2.33. The van der Waals surface area contributed by atoms with E-state index in [0.29, 0.717) is 44.9 Å². The van der Waals surface area contributed by atoms with Crippen LogP contribution in [0.2, 0.25) is 0 Å². The molecular formula is C24H22F3N5O2. The van der Waals surface area contributed by atoms with Crippen LogP contribution in [0.5, 0.6) is 5.75 Å². The van der Waals surface area contributed by atoms with Crippen molar-refractivity contribution in [3.05, 3.63) is 72.1 Å². The molecule has 4 aromatic rings. The Morgan fingerprint density at radius 2 is 1.88 bits per heavy atom. The largest absolute Gasteiger partial charge is 0.506 e. The van der Waals surface area contributed by atoms with Crippen LogP contribution >= 0.6 is 0 Å². The Labute approximate surface area is 193 Å². The highest BCUT2D eigenvalue weighted by molar-refractivity contribution is 5.95. The number of hydrogen-bond donors (Lipinski definition) is 4. The van der Waals surface area contributed by atoms with Crippen molar-refractivity contribution in [3.8, 4) is 11.4 Å². The summed E-state index contributed by atoms with van der Waals surface area (Å²) in [6, 6.07) is 15.2. The minimum absolute atomic E-state index is 0.0281. The number of anilines is 3. The number of rotatable bonds is 7. The summed E-state index contributed by atoms with van der Waals surface area (Å²) in [5.74, 6) is -0.509. The fourth-order valence-electron chi connectivity index (χ4n) is 3.68. The Bertz CT molecular complexity index is 1360. The minimum atomic E-state index is -4.29. The average Bonchev–Trinajstić information content (AvgIpc) is 3.18. The summed E-state index contributed by atoms with van der Waals surface area (Å²) < 4.78 is 39.9. The van der Waals surface area contributed by atoms with Crippen LogP contribution in [0, 0.1) is 6.92 Å². The SMILES string of the molecule is Cc1cc(-n2cnc3c(NCCC(F)(F)F)cc(Nc4ccccc4O)cc32)ccc1C(N)=O. The van der Waals surface area contributed by atoms with Gasteiger partial charge in [0.05, 0.1) is 23.3 Å². The molecule has 0 unspecified atom stereocenters. The van der Waals surface area contributed by atoms with Gasteiger partial charge in [0.2, 0.25) is 5.91 Å². The van der Waals surface area contributed by atoms with Gasteiger partial charge in [-0.2, -0.15) is 13.2 Å². The molecule has 1 amide bonds. The molecule has 34 heavy (non-hydrogen) atoms. The van der Waals surface area contributed by atoms with E-state index in [1.54, 1.807) is 66.3 Å². The molecule has 0 radical (unpaired) electrons. The Morgan fingerprint density at radius 1 is 1.12 bits per heavy atom. The smallest absolute Gasteiger partial charge is 0.390 e. The van der Waals surface area contributed by atoms with E-state index in [9.17, 15) is 23.1 Å². The van der Waals surface area contributed by atoms with Gasteiger partial charge in [0, 0.05) is 23.5 Å². The van der Waals surface area contributed by atoms with E-state index >= 15 is 0 Å². The first-order valence-electron chi connectivity index (χ1n) is 10.4. The molecule has 4 rings (SSSR count). The number of phenols is 1. The molecular weight excluding hydrogens is 447 g/mol. The van der Waals surface area contributed by atoms with Gasteiger partial charge in [0.15, 0.2) is 0 Å². The zero-order valence-electron chi connectivity index (χ0n) is 18.1. The van der Waals surface area contributed by atoms with E-state index in [4.69, 9.17) is 5.73 Å². The van der Waals surface area contributed by atoms with Crippen LogP contribution in [0.3, 0.4) is 0 Å². The number of benzene rings is 3. The zero-order chi connectivity index (χ0) is 24.5. The van der Waals surface area contributed by atoms with Gasteiger partial charge >= 0.3 is 6.18 Å². The Hall–Kier alpha value is -4.21. The molecule has 0 saturated heterocycles. The maximum atomic E-state index is 12.7. The first-order chi connectivity index (χ1) is 16.1. The molecule has 0 spiro atoms. The zero-order valence-corrected chi connectivity index (χ0v) is 18.1. The average molecular weight is 469 g/mol. The second-order valence-corrected chi connectivity index (χ2v) is 7.80. The van der Waals surface area contributed by atoms with Gasteiger partial charge in [-0.15, -0.1) is 0 Å². The number of nitrogens with one attached hydrogen (secondary N) is 2. The molecule has 0 atom stereocenters. The fourth-order valence-corrected chi connectivity index (χ4v) is 3.68. The Balaban J connectivity index is 1.79. The molecule has 7 nitrogen and oxygen atoms in total. The summed E-state index contributed by atoms with van der Waals surface area (Å²) in [5, 5.41) is 16.0. The van der Waals surface area contributed by atoms with Gasteiger partial charge in [-0.1, -0.05) is 12.1 Å². The third kappa shape index (κ3) is 4.90. The highest BCUT2D eigenvalue weighted by atomic mass is 19.4. The summed E-state index contributed by atoms with van der Waals surface area (Å²) in [5.41, 5.74) is 9.64. The first kappa shape index (κ1) is 23.0. The number of alkyl halides is 3. The van der Waals surface area contributed by atoms with Crippen LogP contribution in [0.4, 0.5) is 30.2 Å². The van der Waals surface area contributed by atoms with Crippen molar-refractivity contribution in [2.75, 3.05) is 17.2 Å². The van der Waals surface area contributed by atoms with Crippen molar-refractivity contribution < 1.29 is 23.1 Å². The molecule has 0 aliphatic carbocycles. The summed E-state index contributed by atoms with van der Waals surface area (Å²) in [4.78, 5) is 16.0. The van der Waals surface area contributed by atoms with E-state index in [2.05, 4.69) is 15.6 Å². The number of fused-ring (bicyclic) bond motifs is 1. The lowest BCUT2D eigenvalue weighted by Gasteiger charge is -2.14. The number of aromatic nitrogens is 2. The lowest BCUT2D eigenvalue weighted by atomic mass is 10.1. The topological polar surface area (TPSA) is 105 Å². The maximum Gasteiger partial charge on any atom is 0.390 e. The molecule has 0 bridgehead atoms. The number of nitrogens with zero attached hydrogens (tertiary/aromatic N) is 2. The standard InChI is InChI=1S/C24H22F3N5O2/c1-14-10-16(6-7-17(14)23(28)34)32-13-30-22-19(29-9-8-24(25,26)27)11-15(12-20(22)32)31-18-4-2-3-5-21(18)33/h2-7,10-13,29,31,33H,8-9H2,1H3,(H2,28,34). The number of phenolic OH excluding ortho intramolecular Hbond substituents is 1. The van der Waals surface area contributed by atoms with Crippen LogP contribution in [0.15, 0.2) is 60.9 Å². The maximum absolute atomic E-state index is 12.7. The summed E-state index contributed by atoms with van der Waals surface area (Å²) in [6.45, 7) is 1.44. The summed E-state index contributed by atoms with van der Waals surface area (Å²) in [7, 11) is 0. The molecule has 3 aromatic carbocycles. The van der Waals surface area contributed by atoms with Crippen molar-refractivity contribution in [3.63, 3.8) is 0 Å². The molecule has 10 heteroatoms. The van der Waals surface area contributed by atoms with Crippen molar-refractivity contribution in [2.45, 2.75) is 19.5 Å². The van der Waals surface area contributed by atoms with E-state index < -0.39 is 18.5 Å². The van der Waals surface area contributed by atoms with Crippen LogP contribution in [-0.4, -0.2) is 33.3 Å². The second kappa shape index (κ2) is 8.97. The number of para-hydroxylation sites is 2. The van der Waals surface area contributed by atoms with Gasteiger partial charge < -0.3 is 21.5 Å². The highest BCUT2D eigenvalue weighted by Gasteiger charge is 2.26. The number of aryl methyl sites for hydroxylation is 1. The van der Waals surface area contributed by atoms with Crippen molar-refractivity contribution >= 4 is 34.0 Å². The Morgan fingerprint density at radius 3 is 2.56 bits per heavy atom. The molecule has 176 valence electrons. The van der Waals surface area contributed by atoms with E-state index in [1.165, 1.54) is 6.07 Å². The van der Waals surface area contributed by atoms with Crippen LogP contribution < -0.4 is 16.4 Å². The van der Waals surface area contributed by atoms with Gasteiger partial charge in [0.25, 0.3) is 0 Å². The van der Waals surface area contributed by atoms with E-state index in [0.717, 1.165) is 0 Å². The van der Waals surface area contributed by atoms with Crippen molar-refractivity contribution in [1.82, 2.24) is 9.55 Å². The number of hydrogen-bond acceptors (Lipinski definition) is 5. The normalized spacial score (nSPS) is 11.5. The third-order valence-electron chi connectivity index (χ3n) is 5.31. The molecule has 0 aliphatic rings. The number of amides is 1. The monoisotopic (exact) mass is 469 g/mol. The number of aromatic hydroxyl groups is 1. The summed E-state index contributed by atoms with van der Waals surface area (Å²) in [6.07, 6.45) is -3.74. The number of nitrogens with two attached hydrogens (primary N) is 1. The van der Waals surface area contributed by atoms with Crippen LogP contribution in [0.25, 0.3) is 16.7 Å². The molecule has 0 aliphatic heterocycles. The molecule has 5 N–H and O–H groups in total. The van der Waals surface area contributed by atoms with Crippen molar-refractivity contribution in [1.29, 1.82) is 0 Å². The third-order valence-corrected chi connectivity index (χ3v) is 5.31. The first-order valence-corrected chi connectivity index (χ1v) is 10.4. The second-order valence-electron chi connectivity index (χ2n) is 7.80. The predicted molar refractivity (Wildman–Crippen MR) is 125 cm³/mol.